The highest BCUT2D eigenvalue weighted by Crippen LogP contribution is 2.19. The molecule has 0 radical (unpaired) electrons. The summed E-state index contributed by atoms with van der Waals surface area (Å²) < 4.78 is 0. The molecule has 0 aliphatic carbocycles. The summed E-state index contributed by atoms with van der Waals surface area (Å²) in [7, 11) is 0. The molecule has 0 atom stereocenters. The molecule has 0 heterocycles. The highest BCUT2D eigenvalue weighted by Gasteiger charge is 2.10. The molecule has 0 amide bonds. The predicted molar refractivity (Wildman–Crippen MR) is 74.3 cm³/mol. The van der Waals surface area contributed by atoms with E-state index in [0.29, 0.717) is 16.3 Å². The van der Waals surface area contributed by atoms with E-state index in [0.717, 1.165) is 6.20 Å². The zero-order chi connectivity index (χ0) is 13.7. The molecule has 4 heteroatoms. The maximum Gasteiger partial charge on any atom is 0.337 e. The lowest BCUT2D eigenvalue weighted by molar-refractivity contribution is -0.130. The fourth-order valence-corrected chi connectivity index (χ4v) is 1.64. The van der Waals surface area contributed by atoms with Gasteiger partial charge in [0.1, 0.15) is 0 Å². The number of carboxylic acid groups (broad SMARTS) is 1. The van der Waals surface area contributed by atoms with E-state index in [1.807, 2.05) is 0 Å². The van der Waals surface area contributed by atoms with Crippen molar-refractivity contribution in [3.63, 3.8) is 0 Å². The average molecular weight is 254 g/mol. The molecule has 2 aromatic rings. The number of para-hydroxylation sites is 1. The molecular formula is C15H12NO3-. The third-order valence-electron chi connectivity index (χ3n) is 2.57. The van der Waals surface area contributed by atoms with Crippen LogP contribution in [0.4, 0.5) is 5.69 Å². The van der Waals surface area contributed by atoms with Gasteiger partial charge in [0.05, 0.1) is 5.57 Å². The summed E-state index contributed by atoms with van der Waals surface area (Å²) in [6, 6.07) is 17.0. The summed E-state index contributed by atoms with van der Waals surface area (Å²) in [5.74, 6) is -1.14. The Hall–Kier alpha value is -2.59. The minimum absolute atomic E-state index is 0.0422. The number of aliphatic carboxylic acids is 1. The summed E-state index contributed by atoms with van der Waals surface area (Å²) in [5, 5.41) is 21.7. The molecule has 0 aromatic heterocycles. The lowest BCUT2D eigenvalue weighted by Gasteiger charge is -2.27. The topological polar surface area (TPSA) is 63.6 Å². The van der Waals surface area contributed by atoms with E-state index >= 15 is 0 Å². The smallest absolute Gasteiger partial charge is 0.337 e. The molecular weight excluding hydrogens is 242 g/mol. The SMILES string of the molecule is O=C(O)/C(=C/N([O-])c1ccccc1)c1ccccc1. The number of hydrogen-bond acceptors (Lipinski definition) is 3. The van der Waals surface area contributed by atoms with E-state index in [4.69, 9.17) is 0 Å². The molecule has 2 rings (SSSR count). The van der Waals surface area contributed by atoms with Crippen molar-refractivity contribution in [2.24, 2.45) is 0 Å². The van der Waals surface area contributed by atoms with Crippen LogP contribution in [0, 0.1) is 5.21 Å². The second-order valence-electron chi connectivity index (χ2n) is 3.88. The molecule has 0 aliphatic heterocycles. The number of benzene rings is 2. The van der Waals surface area contributed by atoms with Gasteiger partial charge in [0.15, 0.2) is 0 Å². The number of hydrogen-bond donors (Lipinski definition) is 1. The van der Waals surface area contributed by atoms with Gasteiger partial charge in [-0.05, 0) is 17.7 Å². The first-order chi connectivity index (χ1) is 9.18. The summed E-state index contributed by atoms with van der Waals surface area (Å²) in [5.41, 5.74) is 0.836. The number of carbonyl (C=O) groups is 1. The Morgan fingerprint density at radius 2 is 1.53 bits per heavy atom. The molecule has 4 nitrogen and oxygen atoms in total. The van der Waals surface area contributed by atoms with Crippen LogP contribution in [-0.4, -0.2) is 11.1 Å². The third-order valence-corrected chi connectivity index (χ3v) is 2.57. The maximum absolute atomic E-state index is 11.9. The van der Waals surface area contributed by atoms with Crippen molar-refractivity contribution in [1.82, 2.24) is 0 Å². The van der Waals surface area contributed by atoms with Crippen molar-refractivity contribution in [2.45, 2.75) is 0 Å². The fourth-order valence-electron chi connectivity index (χ4n) is 1.64. The summed E-state index contributed by atoms with van der Waals surface area (Å²) in [6.07, 6.45) is 1.08. The van der Waals surface area contributed by atoms with Gasteiger partial charge in [-0.3, -0.25) is 0 Å². The molecule has 0 saturated carbocycles. The normalized spacial score (nSPS) is 11.1. The second kappa shape index (κ2) is 5.84. The van der Waals surface area contributed by atoms with Gasteiger partial charge in [-0.15, -0.1) is 0 Å². The summed E-state index contributed by atoms with van der Waals surface area (Å²) in [4.78, 5) is 11.2. The molecule has 2 aromatic carbocycles. The maximum atomic E-state index is 11.9. The zero-order valence-corrected chi connectivity index (χ0v) is 10.1. The monoisotopic (exact) mass is 254 g/mol. The lowest BCUT2D eigenvalue weighted by atomic mass is 10.1. The van der Waals surface area contributed by atoms with Crippen LogP contribution in [0.15, 0.2) is 66.9 Å². The largest absolute Gasteiger partial charge is 0.754 e. The number of rotatable bonds is 4. The lowest BCUT2D eigenvalue weighted by Crippen LogP contribution is -2.10. The second-order valence-corrected chi connectivity index (χ2v) is 3.88. The molecule has 0 fully saturated rings. The Balaban J connectivity index is 2.35. The Morgan fingerprint density at radius 3 is 2.05 bits per heavy atom. The number of hydroxylamine groups is 1. The first kappa shape index (κ1) is 12.9. The van der Waals surface area contributed by atoms with Crippen molar-refractivity contribution < 1.29 is 9.90 Å². The minimum atomic E-state index is -1.14. The van der Waals surface area contributed by atoms with Crippen LogP contribution in [0.2, 0.25) is 0 Å². The number of carboxylic acids is 1. The molecule has 0 unspecified atom stereocenters. The van der Waals surface area contributed by atoms with Gasteiger partial charge in [0, 0.05) is 11.9 Å². The van der Waals surface area contributed by atoms with Crippen LogP contribution in [0.3, 0.4) is 0 Å². The van der Waals surface area contributed by atoms with Gasteiger partial charge >= 0.3 is 5.97 Å². The van der Waals surface area contributed by atoms with Crippen LogP contribution in [0.5, 0.6) is 0 Å². The fraction of sp³-hybridized carbons (Fsp3) is 0. The predicted octanol–water partition coefficient (Wildman–Crippen LogP) is 3.12. The van der Waals surface area contributed by atoms with Crippen LogP contribution in [-0.2, 0) is 4.79 Å². The minimum Gasteiger partial charge on any atom is -0.754 e. The quantitative estimate of drug-likeness (QED) is 0.672. The van der Waals surface area contributed by atoms with Gasteiger partial charge in [-0.2, -0.15) is 0 Å². The highest BCUT2D eigenvalue weighted by molar-refractivity contribution is 6.15. The standard InChI is InChI=1S/C15H12NO3/c17-15(18)14(12-7-3-1-4-8-12)11-16(19)13-9-5-2-6-10-13/h1-11H,(H,17,18)/q-1/b14-11+. The van der Waals surface area contributed by atoms with Gasteiger partial charge < -0.3 is 15.4 Å². The van der Waals surface area contributed by atoms with E-state index < -0.39 is 5.97 Å². The van der Waals surface area contributed by atoms with Gasteiger partial charge in [-0.25, -0.2) is 4.79 Å². The van der Waals surface area contributed by atoms with Crippen LogP contribution in [0.25, 0.3) is 5.57 Å². The van der Waals surface area contributed by atoms with E-state index in [1.165, 1.54) is 0 Å². The average Bonchev–Trinajstić information content (AvgIpc) is 2.46. The van der Waals surface area contributed by atoms with Gasteiger partial charge in [0.2, 0.25) is 0 Å². The molecule has 96 valence electrons. The Labute approximate surface area is 110 Å². The molecule has 0 aliphatic rings. The van der Waals surface area contributed by atoms with Crippen LogP contribution in [0.1, 0.15) is 5.56 Å². The number of anilines is 1. The molecule has 0 saturated heterocycles. The molecule has 0 bridgehead atoms. The summed E-state index contributed by atoms with van der Waals surface area (Å²) >= 11 is 0. The van der Waals surface area contributed by atoms with Crippen molar-refractivity contribution in [3.05, 3.63) is 77.6 Å². The van der Waals surface area contributed by atoms with Crippen LogP contribution >= 0.6 is 0 Å². The van der Waals surface area contributed by atoms with E-state index in [9.17, 15) is 15.1 Å². The first-order valence-electron chi connectivity index (χ1n) is 5.70. The molecule has 19 heavy (non-hydrogen) atoms. The van der Waals surface area contributed by atoms with Crippen molar-refractivity contribution >= 4 is 17.2 Å². The van der Waals surface area contributed by atoms with Crippen LogP contribution < -0.4 is 5.06 Å². The molecule has 1 N–H and O–H groups in total. The van der Waals surface area contributed by atoms with E-state index in [-0.39, 0.29) is 5.57 Å². The summed E-state index contributed by atoms with van der Waals surface area (Å²) in [6.45, 7) is 0. The van der Waals surface area contributed by atoms with Gasteiger partial charge in [-0.1, -0.05) is 48.5 Å². The Kier molecular flexibility index (Phi) is 3.95. The van der Waals surface area contributed by atoms with E-state index in [1.54, 1.807) is 60.7 Å². The van der Waals surface area contributed by atoms with Crippen molar-refractivity contribution in [3.8, 4) is 0 Å². The van der Waals surface area contributed by atoms with Crippen molar-refractivity contribution in [2.75, 3.05) is 5.06 Å². The molecule has 0 spiro atoms. The first-order valence-corrected chi connectivity index (χ1v) is 5.70. The third kappa shape index (κ3) is 3.20. The Bertz CT molecular complexity index is 579. The number of nitrogens with zero attached hydrogens (tertiary/aromatic N) is 1. The van der Waals surface area contributed by atoms with E-state index in [2.05, 4.69) is 0 Å². The van der Waals surface area contributed by atoms with Gasteiger partial charge in [0.25, 0.3) is 0 Å². The Morgan fingerprint density at radius 1 is 1.00 bits per heavy atom. The zero-order valence-electron chi connectivity index (χ0n) is 10.1. The van der Waals surface area contributed by atoms with Crippen molar-refractivity contribution in [1.29, 1.82) is 0 Å². The highest BCUT2D eigenvalue weighted by atomic mass is 16.5.